The SMILES string of the molecule is COCCNC[C@@H](O)[C@@H]1OC(C)(C)N(C(=O)OCc2ccccc2)[C@@H]1CC1CCCCC1. The molecule has 7 heteroatoms. The Morgan fingerprint density at radius 2 is 1.97 bits per heavy atom. The highest BCUT2D eigenvalue weighted by Crippen LogP contribution is 2.40. The van der Waals surface area contributed by atoms with Crippen LogP contribution in [-0.2, 0) is 20.8 Å². The number of amides is 1. The Balaban J connectivity index is 1.72. The molecule has 1 aliphatic carbocycles. The van der Waals surface area contributed by atoms with Crippen LogP contribution in [0.5, 0.6) is 0 Å². The van der Waals surface area contributed by atoms with Gasteiger partial charge in [-0.05, 0) is 31.7 Å². The van der Waals surface area contributed by atoms with Crippen molar-refractivity contribution >= 4 is 6.09 Å². The standard InChI is InChI=1S/C25H40N2O5/c1-25(2)27(24(29)31-18-20-12-8-5-9-13-20)21(16-19-10-6-4-7-11-19)23(32-25)22(28)17-26-14-15-30-3/h5,8-9,12-13,19,21-23,26,28H,4,6-7,10-11,14-18H2,1-3H3/t21-,22-,23-/m1/s1. The maximum atomic E-state index is 13.3. The van der Waals surface area contributed by atoms with Gasteiger partial charge in [0.1, 0.15) is 18.4 Å². The number of hydrogen-bond donors (Lipinski definition) is 2. The molecule has 2 N–H and O–H groups in total. The fourth-order valence-corrected chi connectivity index (χ4v) is 5.04. The van der Waals surface area contributed by atoms with Crippen molar-refractivity contribution in [3.8, 4) is 0 Å². The van der Waals surface area contributed by atoms with Gasteiger partial charge in [0.05, 0.1) is 18.8 Å². The average Bonchev–Trinajstić information content (AvgIpc) is 3.06. The number of benzene rings is 1. The molecule has 7 nitrogen and oxygen atoms in total. The maximum absolute atomic E-state index is 13.3. The van der Waals surface area contributed by atoms with Gasteiger partial charge in [-0.25, -0.2) is 4.79 Å². The summed E-state index contributed by atoms with van der Waals surface area (Å²) in [6.45, 7) is 5.60. The molecule has 0 aromatic heterocycles. The highest BCUT2D eigenvalue weighted by molar-refractivity contribution is 5.69. The van der Waals surface area contributed by atoms with Crippen LogP contribution in [0.2, 0.25) is 0 Å². The molecule has 180 valence electrons. The van der Waals surface area contributed by atoms with Crippen LogP contribution in [-0.4, -0.2) is 66.9 Å². The van der Waals surface area contributed by atoms with E-state index in [1.54, 1.807) is 12.0 Å². The van der Waals surface area contributed by atoms with Crippen LogP contribution in [0.15, 0.2) is 30.3 Å². The lowest BCUT2D eigenvalue weighted by Crippen LogP contribution is -2.51. The van der Waals surface area contributed by atoms with Crippen molar-refractivity contribution in [3.63, 3.8) is 0 Å². The Hall–Kier alpha value is -1.67. The highest BCUT2D eigenvalue weighted by Gasteiger charge is 2.53. The summed E-state index contributed by atoms with van der Waals surface area (Å²) in [5.41, 5.74) is 0.0900. The summed E-state index contributed by atoms with van der Waals surface area (Å²) in [7, 11) is 1.65. The number of nitrogens with one attached hydrogen (secondary N) is 1. The average molecular weight is 449 g/mol. The molecule has 1 aliphatic heterocycles. The second-order valence-electron chi connectivity index (χ2n) is 9.51. The predicted octanol–water partition coefficient (Wildman–Crippen LogP) is 3.70. The van der Waals surface area contributed by atoms with E-state index in [1.165, 1.54) is 32.1 Å². The van der Waals surface area contributed by atoms with Gasteiger partial charge in [-0.1, -0.05) is 62.4 Å². The minimum absolute atomic E-state index is 0.216. The number of aliphatic hydroxyl groups is 1. The van der Waals surface area contributed by atoms with Crippen LogP contribution < -0.4 is 5.32 Å². The molecule has 2 fully saturated rings. The molecule has 1 saturated carbocycles. The molecular weight excluding hydrogens is 408 g/mol. The zero-order chi connectivity index (χ0) is 23.0. The molecule has 1 aromatic rings. The Kier molecular flexibility index (Phi) is 9.34. The summed E-state index contributed by atoms with van der Waals surface area (Å²) in [5, 5.41) is 14.2. The smallest absolute Gasteiger partial charge is 0.412 e. The molecule has 0 spiro atoms. The van der Waals surface area contributed by atoms with Gasteiger partial charge in [-0.15, -0.1) is 0 Å². The van der Waals surface area contributed by atoms with Gasteiger partial charge in [-0.3, -0.25) is 4.90 Å². The fourth-order valence-electron chi connectivity index (χ4n) is 5.04. The van der Waals surface area contributed by atoms with Crippen molar-refractivity contribution in [2.75, 3.05) is 26.8 Å². The normalized spacial score (nSPS) is 24.4. The largest absolute Gasteiger partial charge is 0.444 e. The van der Waals surface area contributed by atoms with Crippen molar-refractivity contribution in [2.45, 2.75) is 83.0 Å². The third-order valence-electron chi connectivity index (χ3n) is 6.63. The molecule has 0 unspecified atom stereocenters. The topological polar surface area (TPSA) is 80.3 Å². The number of carbonyl (C=O) groups excluding carboxylic acids is 1. The van der Waals surface area contributed by atoms with Crippen LogP contribution in [0.3, 0.4) is 0 Å². The van der Waals surface area contributed by atoms with E-state index >= 15 is 0 Å². The van der Waals surface area contributed by atoms with E-state index in [0.717, 1.165) is 12.0 Å². The number of ether oxygens (including phenoxy) is 3. The Bertz CT molecular complexity index is 693. The van der Waals surface area contributed by atoms with Crippen LogP contribution in [0.1, 0.15) is 57.9 Å². The number of rotatable bonds is 10. The van der Waals surface area contributed by atoms with E-state index in [-0.39, 0.29) is 18.7 Å². The third kappa shape index (κ3) is 6.67. The third-order valence-corrected chi connectivity index (χ3v) is 6.63. The number of methoxy groups -OCH3 is 1. The van der Waals surface area contributed by atoms with Crippen molar-refractivity contribution in [1.82, 2.24) is 10.2 Å². The van der Waals surface area contributed by atoms with Gasteiger partial charge in [0.2, 0.25) is 0 Å². The summed E-state index contributed by atoms with van der Waals surface area (Å²) >= 11 is 0. The minimum Gasteiger partial charge on any atom is -0.444 e. The van der Waals surface area contributed by atoms with Crippen LogP contribution in [0.4, 0.5) is 4.79 Å². The monoisotopic (exact) mass is 448 g/mol. The van der Waals surface area contributed by atoms with Crippen LogP contribution >= 0.6 is 0 Å². The van der Waals surface area contributed by atoms with E-state index in [4.69, 9.17) is 14.2 Å². The molecule has 0 bridgehead atoms. The van der Waals surface area contributed by atoms with Crippen LogP contribution in [0, 0.1) is 5.92 Å². The summed E-state index contributed by atoms with van der Waals surface area (Å²) < 4.78 is 17.1. The summed E-state index contributed by atoms with van der Waals surface area (Å²) in [6, 6.07) is 9.46. The summed E-state index contributed by atoms with van der Waals surface area (Å²) in [4.78, 5) is 15.0. The first-order chi connectivity index (χ1) is 15.4. The molecule has 3 atom stereocenters. The number of carbonyl (C=O) groups is 1. The number of aliphatic hydroxyl groups excluding tert-OH is 1. The number of hydrogen-bond acceptors (Lipinski definition) is 6. The molecule has 1 amide bonds. The van der Waals surface area contributed by atoms with E-state index in [1.807, 2.05) is 44.2 Å². The Morgan fingerprint density at radius 1 is 1.25 bits per heavy atom. The molecule has 3 rings (SSSR count). The molecule has 32 heavy (non-hydrogen) atoms. The van der Waals surface area contributed by atoms with E-state index < -0.39 is 17.9 Å². The van der Waals surface area contributed by atoms with Gasteiger partial charge in [0.25, 0.3) is 0 Å². The lowest BCUT2D eigenvalue weighted by molar-refractivity contribution is -0.0988. The zero-order valence-corrected chi connectivity index (χ0v) is 19.8. The molecule has 0 radical (unpaired) electrons. The lowest BCUT2D eigenvalue weighted by atomic mass is 9.83. The molecule has 2 aliphatic rings. The van der Waals surface area contributed by atoms with Gasteiger partial charge >= 0.3 is 6.09 Å². The van der Waals surface area contributed by atoms with Crippen molar-refractivity contribution in [3.05, 3.63) is 35.9 Å². The number of nitrogens with zero attached hydrogens (tertiary/aromatic N) is 1. The van der Waals surface area contributed by atoms with Crippen molar-refractivity contribution in [1.29, 1.82) is 0 Å². The maximum Gasteiger partial charge on any atom is 0.412 e. The lowest BCUT2D eigenvalue weighted by Gasteiger charge is -2.35. The highest BCUT2D eigenvalue weighted by atomic mass is 16.6. The Morgan fingerprint density at radius 3 is 2.66 bits per heavy atom. The quantitative estimate of drug-likeness (QED) is 0.532. The first kappa shape index (κ1) is 25.0. The predicted molar refractivity (Wildman–Crippen MR) is 123 cm³/mol. The van der Waals surface area contributed by atoms with Gasteiger partial charge < -0.3 is 24.6 Å². The molecule has 1 saturated heterocycles. The van der Waals surface area contributed by atoms with Gasteiger partial charge in [0, 0.05) is 20.2 Å². The molecular formula is C25H40N2O5. The summed E-state index contributed by atoms with van der Waals surface area (Å²) in [6.07, 6.45) is 5.31. The van der Waals surface area contributed by atoms with E-state index in [0.29, 0.717) is 25.6 Å². The first-order valence-electron chi connectivity index (χ1n) is 12.0. The van der Waals surface area contributed by atoms with Gasteiger partial charge in [-0.2, -0.15) is 0 Å². The van der Waals surface area contributed by atoms with E-state index in [9.17, 15) is 9.90 Å². The minimum atomic E-state index is -0.856. The van der Waals surface area contributed by atoms with E-state index in [2.05, 4.69) is 5.32 Å². The molecule has 1 aromatic carbocycles. The second-order valence-corrected chi connectivity index (χ2v) is 9.51. The second kappa shape index (κ2) is 12.0. The van der Waals surface area contributed by atoms with Crippen molar-refractivity contribution in [2.24, 2.45) is 5.92 Å². The van der Waals surface area contributed by atoms with Gasteiger partial charge in [0.15, 0.2) is 0 Å². The fraction of sp³-hybridized carbons (Fsp3) is 0.720. The Labute approximate surface area is 192 Å². The van der Waals surface area contributed by atoms with Crippen molar-refractivity contribution < 1.29 is 24.1 Å². The first-order valence-corrected chi connectivity index (χ1v) is 12.0. The summed E-state index contributed by atoms with van der Waals surface area (Å²) in [5.74, 6) is 0.534. The molecule has 1 heterocycles. The van der Waals surface area contributed by atoms with Crippen LogP contribution in [0.25, 0.3) is 0 Å². The zero-order valence-electron chi connectivity index (χ0n) is 19.8.